The molecule has 0 N–H and O–H groups in total. The SMILES string of the molecule is CO[Si](Cl)(O[Si](Cl)(Cl)Cl)O[Si](Cl)(Cl)Cl. The van der Waals surface area contributed by atoms with E-state index >= 15 is 0 Å². The van der Waals surface area contributed by atoms with Crippen molar-refractivity contribution < 1.29 is 12.7 Å². The van der Waals surface area contributed by atoms with Gasteiger partial charge >= 0.3 is 20.6 Å². The van der Waals surface area contributed by atoms with Crippen molar-refractivity contribution in [2.24, 2.45) is 0 Å². The molecule has 0 atom stereocenters. The van der Waals surface area contributed by atoms with Crippen molar-refractivity contribution in [2.75, 3.05) is 7.11 Å². The van der Waals surface area contributed by atoms with Crippen LogP contribution in [0.15, 0.2) is 0 Å². The highest BCUT2D eigenvalue weighted by molar-refractivity contribution is 7.65. The van der Waals surface area contributed by atoms with Crippen LogP contribution < -0.4 is 0 Å². The van der Waals surface area contributed by atoms with Crippen LogP contribution in [0.4, 0.5) is 0 Å². The molecule has 0 saturated carbocycles. The van der Waals surface area contributed by atoms with Gasteiger partial charge in [0, 0.05) is 7.11 Å². The Balaban J connectivity index is 4.49. The van der Waals surface area contributed by atoms with E-state index in [0.717, 1.165) is 0 Å². The maximum atomic E-state index is 5.73. The molecule has 0 saturated heterocycles. The van der Waals surface area contributed by atoms with Gasteiger partial charge in [-0.3, -0.25) is 0 Å². The Hall–Kier alpha value is 2.56. The minimum absolute atomic E-state index is 1.20. The predicted molar refractivity (Wildman–Crippen MR) is 67.4 cm³/mol. The third kappa shape index (κ3) is 8.68. The minimum Gasteiger partial charge on any atom is -0.368 e. The normalized spacial score (nSPS) is 14.6. The number of hydrogen-bond acceptors (Lipinski definition) is 3. The molecule has 13 heteroatoms. The van der Waals surface area contributed by atoms with Crippen molar-refractivity contribution in [3.05, 3.63) is 0 Å². The second-order valence-electron chi connectivity index (χ2n) is 1.78. The van der Waals surface area contributed by atoms with Crippen LogP contribution in [0.1, 0.15) is 0 Å². The molecule has 0 radical (unpaired) electrons. The van der Waals surface area contributed by atoms with Gasteiger partial charge in [-0.2, -0.15) is 0 Å². The summed E-state index contributed by atoms with van der Waals surface area (Å²) in [5.41, 5.74) is 0. The van der Waals surface area contributed by atoms with Gasteiger partial charge in [-0.1, -0.05) is 77.6 Å². The summed E-state index contributed by atoms with van der Waals surface area (Å²) in [6.45, 7) is 0. The standard InChI is InChI=1S/CH3Cl7O3Si3/c1-9-14(8,10-12(2,3)4)11-13(5,6)7/h1H3. The Morgan fingerprint density at radius 2 is 1.00 bits per heavy atom. The zero-order valence-corrected chi connectivity index (χ0v) is 14.7. The molecule has 0 amide bonds. The molecule has 3 nitrogen and oxygen atoms in total. The molecule has 14 heavy (non-hydrogen) atoms. The average Bonchev–Trinajstić information content (AvgIpc) is 1.78. The molecule has 0 aliphatic rings. The first-order chi connectivity index (χ1) is 5.97. The van der Waals surface area contributed by atoms with E-state index in [9.17, 15) is 0 Å². The van der Waals surface area contributed by atoms with Crippen molar-refractivity contribution in [1.29, 1.82) is 0 Å². The lowest BCUT2D eigenvalue weighted by atomic mass is 11.8. The van der Waals surface area contributed by atoms with E-state index in [0.29, 0.717) is 0 Å². The van der Waals surface area contributed by atoms with Crippen LogP contribution >= 0.6 is 77.6 Å². The van der Waals surface area contributed by atoms with E-state index in [-0.39, 0.29) is 0 Å². The average molecular weight is 395 g/mol. The molecule has 0 aliphatic heterocycles. The molecular formula is CH3Cl7O3Si3. The minimum atomic E-state index is -3.69. The van der Waals surface area contributed by atoms with E-state index in [4.69, 9.17) is 90.2 Å². The van der Waals surface area contributed by atoms with Crippen LogP contribution in [0.3, 0.4) is 0 Å². The molecule has 0 fully saturated rings. The van der Waals surface area contributed by atoms with Crippen LogP contribution in [0.5, 0.6) is 0 Å². The summed E-state index contributed by atoms with van der Waals surface area (Å²) in [6, 6.07) is 0. The zero-order chi connectivity index (χ0) is 11.6. The summed E-state index contributed by atoms with van der Waals surface area (Å²) in [5, 5.41) is 0. The zero-order valence-electron chi connectivity index (χ0n) is 6.37. The second kappa shape index (κ2) is 5.94. The third-order valence-electron chi connectivity index (χ3n) is 0.719. The Kier molecular flexibility index (Phi) is 7.03. The van der Waals surface area contributed by atoms with E-state index in [1.807, 2.05) is 0 Å². The largest absolute Gasteiger partial charge is 0.596 e. The maximum absolute atomic E-state index is 5.73. The Bertz CT molecular complexity index is 172. The predicted octanol–water partition coefficient (Wildman–Crippen LogP) is 3.64. The van der Waals surface area contributed by atoms with Gasteiger partial charge in [-0.25, -0.2) is 0 Å². The molecule has 0 aromatic rings. The Morgan fingerprint density at radius 1 is 0.714 bits per heavy atom. The van der Waals surface area contributed by atoms with E-state index in [1.54, 1.807) is 0 Å². The van der Waals surface area contributed by atoms with Gasteiger partial charge in [0.2, 0.25) is 0 Å². The summed E-state index contributed by atoms with van der Waals surface area (Å²) < 4.78 is 14.4. The van der Waals surface area contributed by atoms with Crippen LogP contribution in [-0.4, -0.2) is 27.7 Å². The topological polar surface area (TPSA) is 27.7 Å². The Morgan fingerprint density at radius 3 is 1.14 bits per heavy atom. The van der Waals surface area contributed by atoms with Gasteiger partial charge in [0.1, 0.15) is 0 Å². The molecule has 0 aromatic heterocycles. The molecule has 0 aromatic carbocycles. The molecule has 0 heterocycles. The molecule has 0 rings (SSSR count). The Labute approximate surface area is 117 Å². The lowest BCUT2D eigenvalue weighted by molar-refractivity contribution is 0.241. The van der Waals surface area contributed by atoms with Gasteiger partial charge in [0.05, 0.1) is 0 Å². The molecule has 0 aliphatic carbocycles. The van der Waals surface area contributed by atoms with Crippen molar-refractivity contribution in [3.8, 4) is 0 Å². The first-order valence-electron chi connectivity index (χ1n) is 2.75. The van der Waals surface area contributed by atoms with E-state index in [1.165, 1.54) is 7.11 Å². The highest BCUT2D eigenvalue weighted by Crippen LogP contribution is 2.34. The van der Waals surface area contributed by atoms with Crippen LogP contribution in [0.2, 0.25) is 0 Å². The summed E-state index contributed by atoms with van der Waals surface area (Å²) in [6.07, 6.45) is -6.94. The summed E-state index contributed by atoms with van der Waals surface area (Å²) in [5.74, 6) is 0. The first kappa shape index (κ1) is 16.6. The molecular weight excluding hydrogens is 392 g/mol. The van der Waals surface area contributed by atoms with Gasteiger partial charge in [-0.15, -0.1) is 0 Å². The number of rotatable bonds is 5. The van der Waals surface area contributed by atoms with Crippen molar-refractivity contribution in [3.63, 3.8) is 0 Å². The summed E-state index contributed by atoms with van der Waals surface area (Å²) in [7, 11) is -2.49. The van der Waals surface area contributed by atoms with Gasteiger partial charge in [0.25, 0.3) is 0 Å². The lowest BCUT2D eigenvalue weighted by Gasteiger charge is -2.26. The van der Waals surface area contributed by atoms with Crippen LogP contribution in [-0.2, 0) is 12.7 Å². The van der Waals surface area contributed by atoms with Crippen molar-refractivity contribution >= 4 is 98.2 Å². The lowest BCUT2D eigenvalue weighted by Crippen LogP contribution is -2.48. The highest BCUT2D eigenvalue weighted by Gasteiger charge is 2.53. The van der Waals surface area contributed by atoms with Crippen LogP contribution in [0.25, 0.3) is 0 Å². The third-order valence-corrected chi connectivity index (χ3v) is 11.0. The summed E-state index contributed by atoms with van der Waals surface area (Å²) >= 11 is 38.4. The van der Waals surface area contributed by atoms with Gasteiger partial charge < -0.3 is 12.7 Å². The second-order valence-corrected chi connectivity index (χ2v) is 21.0. The van der Waals surface area contributed by atoms with Gasteiger partial charge in [0.15, 0.2) is 0 Å². The van der Waals surface area contributed by atoms with E-state index in [2.05, 4.69) is 0 Å². The molecule has 0 spiro atoms. The fraction of sp³-hybridized carbons (Fsp3) is 1.00. The smallest absolute Gasteiger partial charge is 0.368 e. The molecule has 0 bridgehead atoms. The molecule has 0 unspecified atom stereocenters. The fourth-order valence-electron chi connectivity index (χ4n) is 0.381. The van der Waals surface area contributed by atoms with E-state index < -0.39 is 20.6 Å². The van der Waals surface area contributed by atoms with Crippen LogP contribution in [0, 0.1) is 0 Å². The fourth-order valence-corrected chi connectivity index (χ4v) is 13.5. The monoisotopic (exact) mass is 392 g/mol. The van der Waals surface area contributed by atoms with Crippen molar-refractivity contribution in [2.45, 2.75) is 0 Å². The first-order valence-corrected chi connectivity index (χ1v) is 15.4. The summed E-state index contributed by atoms with van der Waals surface area (Å²) in [4.78, 5) is 0. The quantitative estimate of drug-likeness (QED) is 0.525. The highest BCUT2D eigenvalue weighted by atomic mass is 35.8. The van der Waals surface area contributed by atoms with Gasteiger partial charge in [-0.05, 0) is 0 Å². The van der Waals surface area contributed by atoms with Crippen molar-refractivity contribution in [1.82, 2.24) is 0 Å². The maximum Gasteiger partial charge on any atom is 0.596 e. The number of halogens is 7. The number of hydrogen-bond donors (Lipinski definition) is 0. The molecule has 86 valence electrons.